The lowest BCUT2D eigenvalue weighted by Gasteiger charge is -2.59. The summed E-state index contributed by atoms with van der Waals surface area (Å²) in [7, 11) is 0. The average molecular weight is 524 g/mol. The first-order valence-corrected chi connectivity index (χ1v) is 15.4. The number of Topliss-reactive ketones (excluding diaryl/α,β-unsaturated/α-hetero) is 1. The molecule has 2 saturated heterocycles. The van der Waals surface area contributed by atoms with Crippen molar-refractivity contribution in [1.29, 1.82) is 0 Å². The van der Waals surface area contributed by atoms with Crippen LogP contribution in [-0.4, -0.2) is 52.6 Å². The molecule has 1 aromatic rings. The lowest BCUT2D eigenvalue weighted by atomic mass is 9.51. The zero-order valence-corrected chi connectivity index (χ0v) is 23.3. The first-order chi connectivity index (χ1) is 18.2. The van der Waals surface area contributed by atoms with Crippen LogP contribution in [-0.2, 0) is 9.53 Å². The summed E-state index contributed by atoms with van der Waals surface area (Å²) in [6.45, 7) is 9.14. The predicted octanol–water partition coefficient (Wildman–Crippen LogP) is 5.34. The second-order valence-corrected chi connectivity index (χ2v) is 14.6. The van der Waals surface area contributed by atoms with Gasteiger partial charge in [-0.2, -0.15) is 0 Å². The van der Waals surface area contributed by atoms with E-state index in [-0.39, 0.29) is 23.2 Å². The minimum absolute atomic E-state index is 0.0141. The Morgan fingerprint density at radius 3 is 2.66 bits per heavy atom. The number of hydrogen-bond donors (Lipinski definition) is 1. The monoisotopic (exact) mass is 523 g/mol. The van der Waals surface area contributed by atoms with Crippen LogP contribution >= 0.6 is 0 Å². The molecule has 1 N–H and O–H groups in total. The van der Waals surface area contributed by atoms with E-state index in [1.807, 2.05) is 0 Å². The quantitative estimate of drug-likeness (QED) is 0.527. The number of fused-ring (bicyclic) bond motifs is 8. The summed E-state index contributed by atoms with van der Waals surface area (Å²) in [5, 5.41) is 11.9. The first kappa shape index (κ1) is 25.3. The number of aliphatic hydroxyl groups is 1. The van der Waals surface area contributed by atoms with Gasteiger partial charge in [0.1, 0.15) is 11.9 Å². The Labute approximate surface area is 226 Å². The van der Waals surface area contributed by atoms with Gasteiger partial charge in [0.25, 0.3) is 0 Å². The van der Waals surface area contributed by atoms with Crippen LogP contribution in [0.1, 0.15) is 89.1 Å². The number of furan rings is 1. The summed E-state index contributed by atoms with van der Waals surface area (Å²) in [6.07, 6.45) is 10.2. The fourth-order valence-electron chi connectivity index (χ4n) is 11.1. The molecule has 3 heterocycles. The van der Waals surface area contributed by atoms with Gasteiger partial charge in [-0.15, -0.1) is 0 Å². The number of hydrogen-bond acceptors (Lipinski definition) is 6. The zero-order valence-electron chi connectivity index (χ0n) is 23.3. The molecular formula is C32H45NO5. The van der Waals surface area contributed by atoms with Crippen molar-refractivity contribution in [1.82, 2.24) is 4.90 Å². The molecule has 6 nitrogen and oxygen atoms in total. The maximum Gasteiger partial charge on any atom is 0.374 e. The predicted molar refractivity (Wildman–Crippen MR) is 142 cm³/mol. The maximum absolute atomic E-state index is 13.7. The molecule has 6 fully saturated rings. The van der Waals surface area contributed by atoms with Crippen LogP contribution < -0.4 is 0 Å². The van der Waals surface area contributed by atoms with Crippen molar-refractivity contribution < 1.29 is 23.8 Å². The molecule has 6 heteroatoms. The molecule has 0 radical (unpaired) electrons. The Hall–Kier alpha value is -1.66. The Morgan fingerprint density at radius 1 is 1.03 bits per heavy atom. The van der Waals surface area contributed by atoms with Crippen molar-refractivity contribution in [3.05, 3.63) is 24.2 Å². The van der Waals surface area contributed by atoms with E-state index in [2.05, 4.69) is 25.7 Å². The van der Waals surface area contributed by atoms with E-state index in [1.165, 1.54) is 25.5 Å². The van der Waals surface area contributed by atoms with Gasteiger partial charge < -0.3 is 14.3 Å². The molecule has 2 aliphatic heterocycles. The number of nitrogens with zero attached hydrogens (tertiary/aromatic N) is 1. The van der Waals surface area contributed by atoms with Crippen molar-refractivity contribution in [2.45, 2.75) is 96.3 Å². The summed E-state index contributed by atoms with van der Waals surface area (Å²) in [6, 6.07) is 3.64. The number of rotatable bonds is 2. The summed E-state index contributed by atoms with van der Waals surface area (Å²) in [5.74, 6) is 4.10. The summed E-state index contributed by atoms with van der Waals surface area (Å²) in [5.41, 5.74) is -0.625. The van der Waals surface area contributed by atoms with Gasteiger partial charge in [-0.25, -0.2) is 4.79 Å². The van der Waals surface area contributed by atoms with E-state index < -0.39 is 11.6 Å². The largest absolute Gasteiger partial charge is 0.457 e. The summed E-state index contributed by atoms with van der Waals surface area (Å²) < 4.78 is 11.0. The number of piperidine rings is 2. The number of carbonyl (C=O) groups is 2. The zero-order chi connectivity index (χ0) is 26.4. The van der Waals surface area contributed by atoms with Crippen LogP contribution in [0.5, 0.6) is 0 Å². The van der Waals surface area contributed by atoms with E-state index in [4.69, 9.17) is 9.15 Å². The second-order valence-electron chi connectivity index (χ2n) is 14.6. The van der Waals surface area contributed by atoms with E-state index in [9.17, 15) is 14.7 Å². The molecule has 0 aromatic carbocycles. The van der Waals surface area contributed by atoms with Crippen molar-refractivity contribution in [3.63, 3.8) is 0 Å². The molecule has 7 rings (SSSR count). The number of esters is 1. The third-order valence-corrected chi connectivity index (χ3v) is 12.8. The van der Waals surface area contributed by atoms with E-state index >= 15 is 0 Å². The maximum atomic E-state index is 13.7. The van der Waals surface area contributed by atoms with Gasteiger partial charge in [-0.05, 0) is 117 Å². The van der Waals surface area contributed by atoms with Crippen LogP contribution in [0.2, 0.25) is 0 Å². The SMILES string of the molecule is C[C@H]1CC[C@@H]2N(C1)C[C@H]1[C@@H]3C[C@H]4[C@H](CC(=O)[C@H]5C[C@@H](OC(=O)c6ccco6)CC[C@@]54C)[C@@H]3CC[C@H]1[C@]2(C)O. The fraction of sp³-hybridized carbons (Fsp3) is 0.812. The van der Waals surface area contributed by atoms with Crippen LogP contribution in [0.4, 0.5) is 0 Å². The molecule has 0 spiro atoms. The van der Waals surface area contributed by atoms with Crippen LogP contribution in [0.15, 0.2) is 22.8 Å². The lowest BCUT2D eigenvalue weighted by molar-refractivity contribution is -0.175. The van der Waals surface area contributed by atoms with Gasteiger partial charge in [0.15, 0.2) is 0 Å². The minimum atomic E-state index is -0.611. The van der Waals surface area contributed by atoms with Crippen LogP contribution in [0.3, 0.4) is 0 Å². The Morgan fingerprint density at radius 2 is 1.87 bits per heavy atom. The third kappa shape index (κ3) is 3.72. The first-order valence-electron chi connectivity index (χ1n) is 15.4. The van der Waals surface area contributed by atoms with Gasteiger partial charge in [0, 0.05) is 31.5 Å². The molecule has 4 aliphatic carbocycles. The Balaban J connectivity index is 1.11. The normalized spacial score (nSPS) is 50.3. The molecule has 12 atom stereocenters. The van der Waals surface area contributed by atoms with Gasteiger partial charge in [-0.1, -0.05) is 13.8 Å². The van der Waals surface area contributed by atoms with E-state index in [0.29, 0.717) is 66.1 Å². The van der Waals surface area contributed by atoms with E-state index in [1.54, 1.807) is 12.1 Å². The smallest absolute Gasteiger partial charge is 0.374 e. The van der Waals surface area contributed by atoms with Gasteiger partial charge in [0.05, 0.1) is 11.9 Å². The molecule has 1 aromatic heterocycles. The minimum Gasteiger partial charge on any atom is -0.457 e. The van der Waals surface area contributed by atoms with Crippen LogP contribution in [0, 0.1) is 52.8 Å². The number of carbonyl (C=O) groups excluding carboxylic acids is 2. The Kier molecular flexibility index (Phi) is 5.94. The van der Waals surface area contributed by atoms with Crippen molar-refractivity contribution in [2.75, 3.05) is 13.1 Å². The fourth-order valence-corrected chi connectivity index (χ4v) is 11.1. The summed E-state index contributed by atoms with van der Waals surface area (Å²) >= 11 is 0. The van der Waals surface area contributed by atoms with Gasteiger partial charge >= 0.3 is 5.97 Å². The van der Waals surface area contributed by atoms with E-state index in [0.717, 1.165) is 38.8 Å². The molecule has 0 unspecified atom stereocenters. The molecule has 6 aliphatic rings. The molecule has 0 bridgehead atoms. The molecule has 208 valence electrons. The molecule has 0 amide bonds. The van der Waals surface area contributed by atoms with Crippen molar-refractivity contribution in [2.24, 2.45) is 52.8 Å². The highest BCUT2D eigenvalue weighted by molar-refractivity contribution is 5.86. The average Bonchev–Trinajstić information content (AvgIpc) is 3.54. The highest BCUT2D eigenvalue weighted by atomic mass is 16.6. The summed E-state index contributed by atoms with van der Waals surface area (Å²) in [4.78, 5) is 28.9. The van der Waals surface area contributed by atoms with Gasteiger partial charge in [0.2, 0.25) is 5.76 Å². The highest BCUT2D eigenvalue weighted by Crippen LogP contribution is 2.66. The van der Waals surface area contributed by atoms with Crippen molar-refractivity contribution >= 4 is 11.8 Å². The Bertz CT molecular complexity index is 1080. The number of ketones is 1. The van der Waals surface area contributed by atoms with Crippen LogP contribution in [0.25, 0.3) is 0 Å². The lowest BCUT2D eigenvalue weighted by Crippen LogP contribution is -2.67. The third-order valence-electron chi connectivity index (χ3n) is 12.8. The molecule has 38 heavy (non-hydrogen) atoms. The standard InChI is InChI=1S/C32H45NO5/c1-18-6-9-29-32(3,36)24-8-7-20-21(23(24)17-33(29)16-18)14-25-22(20)15-27(34)26-13-19(10-11-31(25,26)2)38-30(35)28-5-4-12-37-28/h4-5,12,18-26,29,36H,6-11,13-17H2,1-3H3/t18-,19-,20+,21+,22+,23-,24+,25-,26+,29-,31+,32-/m0/s1. The second kappa shape index (κ2) is 8.92. The topological polar surface area (TPSA) is 80.0 Å². The highest BCUT2D eigenvalue weighted by Gasteiger charge is 2.64. The van der Waals surface area contributed by atoms with Gasteiger partial charge in [-0.3, -0.25) is 9.69 Å². The molecule has 4 saturated carbocycles. The number of ether oxygens (including phenoxy) is 1. The van der Waals surface area contributed by atoms with Crippen molar-refractivity contribution in [3.8, 4) is 0 Å². The molecular weight excluding hydrogens is 478 g/mol.